The number of nitrogens with one attached hydrogen (secondary N) is 1. The fourth-order valence-electron chi connectivity index (χ4n) is 3.72. The number of rotatable bonds is 10. The zero-order valence-corrected chi connectivity index (χ0v) is 21.4. The van der Waals surface area contributed by atoms with Gasteiger partial charge in [-0.15, -0.1) is 0 Å². The van der Waals surface area contributed by atoms with Crippen LogP contribution in [0, 0.1) is 6.92 Å². The molecular formula is C29H28N2O5S. The quantitative estimate of drug-likeness (QED) is 0.304. The van der Waals surface area contributed by atoms with Gasteiger partial charge in [-0.2, -0.15) is 0 Å². The first-order valence-corrected chi connectivity index (χ1v) is 13.1. The molecule has 0 aliphatic rings. The smallest absolute Gasteiger partial charge is 0.264 e. The summed E-state index contributed by atoms with van der Waals surface area (Å²) in [6.45, 7) is 1.83. The van der Waals surface area contributed by atoms with Crippen LogP contribution in [0.4, 0.5) is 11.4 Å². The van der Waals surface area contributed by atoms with E-state index in [4.69, 9.17) is 9.47 Å². The van der Waals surface area contributed by atoms with Crippen LogP contribution in [-0.2, 0) is 21.4 Å². The highest BCUT2D eigenvalue weighted by Crippen LogP contribution is 2.33. The third kappa shape index (κ3) is 6.48. The van der Waals surface area contributed by atoms with E-state index < -0.39 is 22.5 Å². The Labute approximate surface area is 217 Å². The number of ether oxygens (including phenoxy) is 2. The molecule has 8 heteroatoms. The molecule has 0 heterocycles. The summed E-state index contributed by atoms with van der Waals surface area (Å²) in [5.74, 6) is 0.499. The van der Waals surface area contributed by atoms with Crippen molar-refractivity contribution in [2.75, 3.05) is 23.3 Å². The van der Waals surface area contributed by atoms with Gasteiger partial charge in [0.25, 0.3) is 10.0 Å². The molecule has 0 fully saturated rings. The molecule has 0 aromatic heterocycles. The van der Waals surface area contributed by atoms with Gasteiger partial charge >= 0.3 is 0 Å². The van der Waals surface area contributed by atoms with E-state index in [0.717, 1.165) is 15.4 Å². The molecule has 7 nitrogen and oxygen atoms in total. The number of benzene rings is 4. The fourth-order valence-corrected chi connectivity index (χ4v) is 5.16. The summed E-state index contributed by atoms with van der Waals surface area (Å²) >= 11 is 0. The molecule has 4 rings (SSSR count). The highest BCUT2D eigenvalue weighted by atomic mass is 32.2. The van der Waals surface area contributed by atoms with Crippen LogP contribution in [0.1, 0.15) is 11.1 Å². The van der Waals surface area contributed by atoms with Crippen LogP contribution in [-0.4, -0.2) is 28.0 Å². The van der Waals surface area contributed by atoms with Gasteiger partial charge in [0.2, 0.25) is 5.91 Å². The molecule has 190 valence electrons. The number of hydrogen-bond donors (Lipinski definition) is 1. The van der Waals surface area contributed by atoms with Gasteiger partial charge in [-0.1, -0.05) is 54.6 Å². The number of sulfonamides is 1. The maximum Gasteiger partial charge on any atom is 0.264 e. The molecule has 0 unspecified atom stereocenters. The molecule has 37 heavy (non-hydrogen) atoms. The topological polar surface area (TPSA) is 84.9 Å². The third-order valence-electron chi connectivity index (χ3n) is 5.61. The summed E-state index contributed by atoms with van der Waals surface area (Å²) in [5, 5.41) is 2.78. The van der Waals surface area contributed by atoms with E-state index in [2.05, 4.69) is 5.32 Å². The number of carbonyl (C=O) groups excluding carboxylic acids is 1. The summed E-state index contributed by atoms with van der Waals surface area (Å²) in [7, 11) is -2.60. The summed E-state index contributed by atoms with van der Waals surface area (Å²) < 4.78 is 39.5. The Bertz CT molecular complexity index is 1440. The lowest BCUT2D eigenvalue weighted by molar-refractivity contribution is -0.114. The SMILES string of the molecule is COc1ccc(C)cc1N(CC(=O)Nc1ccc(OCc2ccccc2)cc1)S(=O)(=O)c1ccccc1. The maximum atomic E-state index is 13.6. The highest BCUT2D eigenvalue weighted by Gasteiger charge is 2.29. The lowest BCUT2D eigenvalue weighted by Crippen LogP contribution is -2.38. The number of nitrogens with zero attached hydrogens (tertiary/aromatic N) is 1. The molecule has 1 amide bonds. The van der Waals surface area contributed by atoms with Crippen LogP contribution in [0.25, 0.3) is 0 Å². The van der Waals surface area contributed by atoms with Crippen molar-refractivity contribution in [1.82, 2.24) is 0 Å². The molecule has 4 aromatic rings. The summed E-state index contributed by atoms with van der Waals surface area (Å²) in [4.78, 5) is 13.1. The van der Waals surface area contributed by atoms with E-state index in [1.807, 2.05) is 43.3 Å². The van der Waals surface area contributed by atoms with Crippen LogP contribution in [0.2, 0.25) is 0 Å². The van der Waals surface area contributed by atoms with Crippen LogP contribution < -0.4 is 19.1 Å². The minimum absolute atomic E-state index is 0.0753. The highest BCUT2D eigenvalue weighted by molar-refractivity contribution is 7.92. The van der Waals surface area contributed by atoms with Crippen molar-refractivity contribution in [1.29, 1.82) is 0 Å². The van der Waals surface area contributed by atoms with Gasteiger partial charge in [0.15, 0.2) is 0 Å². The Hall–Kier alpha value is -4.30. The van der Waals surface area contributed by atoms with Crippen molar-refractivity contribution >= 4 is 27.3 Å². The minimum Gasteiger partial charge on any atom is -0.495 e. The molecule has 0 spiro atoms. The summed E-state index contributed by atoms with van der Waals surface area (Å²) in [6, 6.07) is 29.9. The molecule has 1 N–H and O–H groups in total. The van der Waals surface area contributed by atoms with Crippen LogP contribution in [0.15, 0.2) is 108 Å². The van der Waals surface area contributed by atoms with E-state index in [1.54, 1.807) is 54.6 Å². The van der Waals surface area contributed by atoms with Crippen molar-refractivity contribution in [3.05, 3.63) is 114 Å². The van der Waals surface area contributed by atoms with E-state index in [9.17, 15) is 13.2 Å². The molecular weight excluding hydrogens is 488 g/mol. The third-order valence-corrected chi connectivity index (χ3v) is 7.38. The lowest BCUT2D eigenvalue weighted by atomic mass is 10.2. The molecule has 0 radical (unpaired) electrons. The average Bonchev–Trinajstić information content (AvgIpc) is 2.92. The van der Waals surface area contributed by atoms with Crippen molar-refractivity contribution in [2.24, 2.45) is 0 Å². The van der Waals surface area contributed by atoms with Crippen LogP contribution in [0.5, 0.6) is 11.5 Å². The Kier molecular flexibility index (Phi) is 8.10. The van der Waals surface area contributed by atoms with E-state index in [1.165, 1.54) is 19.2 Å². The monoisotopic (exact) mass is 516 g/mol. The number of hydrogen-bond acceptors (Lipinski definition) is 5. The minimum atomic E-state index is -4.06. The number of aryl methyl sites for hydroxylation is 1. The molecule has 0 aliphatic carbocycles. The van der Waals surface area contributed by atoms with Gasteiger partial charge < -0.3 is 14.8 Å². The van der Waals surface area contributed by atoms with Gasteiger partial charge in [0.05, 0.1) is 17.7 Å². The van der Waals surface area contributed by atoms with Crippen LogP contribution >= 0.6 is 0 Å². The van der Waals surface area contributed by atoms with Crippen LogP contribution in [0.3, 0.4) is 0 Å². The van der Waals surface area contributed by atoms with Gasteiger partial charge in [-0.25, -0.2) is 8.42 Å². The Morgan fingerprint density at radius 2 is 1.51 bits per heavy atom. The number of carbonyl (C=O) groups is 1. The first-order valence-electron chi connectivity index (χ1n) is 11.7. The second-order valence-corrected chi connectivity index (χ2v) is 10.2. The van der Waals surface area contributed by atoms with E-state index in [0.29, 0.717) is 23.8 Å². The first-order chi connectivity index (χ1) is 17.9. The normalized spacial score (nSPS) is 11.0. The van der Waals surface area contributed by atoms with E-state index in [-0.39, 0.29) is 10.6 Å². The molecule has 0 atom stereocenters. The standard InChI is InChI=1S/C29H28N2O5S/c1-22-13-18-28(35-2)27(19-22)31(37(33,34)26-11-7-4-8-12-26)20-29(32)30-24-14-16-25(17-15-24)36-21-23-9-5-3-6-10-23/h3-19H,20-21H2,1-2H3,(H,30,32). The zero-order chi connectivity index (χ0) is 26.3. The zero-order valence-electron chi connectivity index (χ0n) is 20.6. The fraction of sp³-hybridized carbons (Fsp3) is 0.138. The molecule has 0 aliphatic heterocycles. The lowest BCUT2D eigenvalue weighted by Gasteiger charge is -2.26. The van der Waals surface area contributed by atoms with Gasteiger partial charge in [0, 0.05) is 5.69 Å². The molecule has 4 aromatic carbocycles. The first kappa shape index (κ1) is 25.8. The van der Waals surface area contributed by atoms with Crippen molar-refractivity contribution in [3.8, 4) is 11.5 Å². The van der Waals surface area contributed by atoms with Gasteiger partial charge in [-0.3, -0.25) is 9.10 Å². The predicted molar refractivity (Wildman–Crippen MR) is 145 cm³/mol. The Balaban J connectivity index is 1.53. The Morgan fingerprint density at radius 3 is 2.16 bits per heavy atom. The second-order valence-electron chi connectivity index (χ2n) is 8.35. The van der Waals surface area contributed by atoms with Gasteiger partial charge in [-0.05, 0) is 66.6 Å². The summed E-state index contributed by atoms with van der Waals surface area (Å²) in [5.41, 5.74) is 2.68. The molecule has 0 bridgehead atoms. The largest absolute Gasteiger partial charge is 0.495 e. The van der Waals surface area contributed by atoms with E-state index >= 15 is 0 Å². The van der Waals surface area contributed by atoms with Gasteiger partial charge in [0.1, 0.15) is 24.7 Å². The summed E-state index contributed by atoms with van der Waals surface area (Å²) in [6.07, 6.45) is 0. The second kappa shape index (κ2) is 11.6. The van der Waals surface area contributed by atoms with Crippen molar-refractivity contribution < 1.29 is 22.7 Å². The predicted octanol–water partition coefficient (Wildman–Crippen LogP) is 5.42. The maximum absolute atomic E-state index is 13.6. The number of anilines is 2. The van der Waals surface area contributed by atoms with Crippen molar-refractivity contribution in [2.45, 2.75) is 18.4 Å². The molecule has 0 saturated carbocycles. The number of amides is 1. The number of methoxy groups -OCH3 is 1. The van der Waals surface area contributed by atoms with Crippen molar-refractivity contribution in [3.63, 3.8) is 0 Å². The molecule has 0 saturated heterocycles. The average molecular weight is 517 g/mol. The Morgan fingerprint density at radius 1 is 0.865 bits per heavy atom.